The van der Waals surface area contributed by atoms with Crippen molar-refractivity contribution < 1.29 is 28.6 Å². The molecule has 3 amide bonds. The first-order valence-electron chi connectivity index (χ1n) is 14.0. The summed E-state index contributed by atoms with van der Waals surface area (Å²) in [5, 5.41) is 6.40. The minimum atomic E-state index is -0.372. The van der Waals surface area contributed by atoms with Gasteiger partial charge in [-0.25, -0.2) is 0 Å². The molecule has 9 heteroatoms. The number of carbonyl (C=O) groups excluding carboxylic acids is 3. The van der Waals surface area contributed by atoms with Crippen molar-refractivity contribution in [1.29, 1.82) is 0 Å². The molecule has 1 rings (SSSR count). The summed E-state index contributed by atoms with van der Waals surface area (Å²) in [7, 11) is 0. The summed E-state index contributed by atoms with van der Waals surface area (Å²) in [5.41, 5.74) is 0.765. The summed E-state index contributed by atoms with van der Waals surface area (Å²) < 4.78 is 16.7. The van der Waals surface area contributed by atoms with E-state index in [1.807, 2.05) is 0 Å². The molecule has 1 heterocycles. The van der Waals surface area contributed by atoms with Crippen molar-refractivity contribution in [3.8, 4) is 0 Å². The lowest BCUT2D eigenvalue weighted by Gasteiger charge is -2.46. The van der Waals surface area contributed by atoms with Crippen LogP contribution in [0.15, 0.2) is 12.2 Å². The largest absolute Gasteiger partial charge is 0.379 e. The quantitative estimate of drug-likeness (QED) is 0.181. The van der Waals surface area contributed by atoms with E-state index in [-0.39, 0.29) is 41.5 Å². The van der Waals surface area contributed by atoms with Crippen molar-refractivity contribution in [2.75, 3.05) is 65.8 Å². The van der Waals surface area contributed by atoms with Crippen molar-refractivity contribution in [3.05, 3.63) is 12.2 Å². The maximum atomic E-state index is 11.8. The topological polar surface area (TPSA) is 106 Å². The van der Waals surface area contributed by atoms with Crippen LogP contribution in [0.1, 0.15) is 74.1 Å². The summed E-state index contributed by atoms with van der Waals surface area (Å²) in [6, 6.07) is 0. The second-order valence-electron chi connectivity index (χ2n) is 12.5. The smallest absolute Gasteiger partial charge is 0.253 e. The number of carbonyl (C=O) groups is 3. The molecule has 1 unspecified atom stereocenters. The molecular weight excluding hydrogens is 486 g/mol. The van der Waals surface area contributed by atoms with Gasteiger partial charge in [-0.05, 0) is 42.1 Å². The summed E-state index contributed by atoms with van der Waals surface area (Å²) in [6.07, 6.45) is 5.35. The van der Waals surface area contributed by atoms with Gasteiger partial charge >= 0.3 is 0 Å². The molecule has 38 heavy (non-hydrogen) atoms. The molecular formula is C29H53N3O6. The lowest BCUT2D eigenvalue weighted by atomic mass is 9.61. The molecule has 9 nitrogen and oxygen atoms in total. The number of rotatable bonds is 20. The Morgan fingerprint density at radius 1 is 0.789 bits per heavy atom. The van der Waals surface area contributed by atoms with Crippen LogP contribution in [0.2, 0.25) is 0 Å². The average Bonchev–Trinajstić information content (AvgIpc) is 3.12. The van der Waals surface area contributed by atoms with Crippen LogP contribution in [0.3, 0.4) is 0 Å². The summed E-state index contributed by atoms with van der Waals surface area (Å²) in [6.45, 7) is 22.2. The van der Waals surface area contributed by atoms with Crippen LogP contribution in [0.5, 0.6) is 0 Å². The molecule has 0 aliphatic carbocycles. The van der Waals surface area contributed by atoms with E-state index >= 15 is 0 Å². The van der Waals surface area contributed by atoms with Crippen LogP contribution in [0.25, 0.3) is 0 Å². The van der Waals surface area contributed by atoms with E-state index in [4.69, 9.17) is 14.2 Å². The van der Waals surface area contributed by atoms with Crippen LogP contribution >= 0.6 is 0 Å². The average molecular weight is 540 g/mol. The first-order chi connectivity index (χ1) is 17.8. The highest BCUT2D eigenvalue weighted by molar-refractivity contribution is 6.13. The Hall–Kier alpha value is -1.81. The van der Waals surface area contributed by atoms with Gasteiger partial charge in [0.25, 0.3) is 11.8 Å². The molecule has 1 atom stereocenters. The highest BCUT2D eigenvalue weighted by Gasteiger charge is 2.39. The van der Waals surface area contributed by atoms with Crippen molar-refractivity contribution in [3.63, 3.8) is 0 Å². The van der Waals surface area contributed by atoms with Crippen LogP contribution in [0.4, 0.5) is 0 Å². The third kappa shape index (κ3) is 14.4. The summed E-state index contributed by atoms with van der Waals surface area (Å²) in [5.74, 6) is -0.937. The van der Waals surface area contributed by atoms with E-state index in [0.717, 1.165) is 24.4 Å². The monoisotopic (exact) mass is 539 g/mol. The molecule has 1 aliphatic heterocycles. The van der Waals surface area contributed by atoms with E-state index < -0.39 is 0 Å². The Morgan fingerprint density at radius 2 is 1.29 bits per heavy atom. The fourth-order valence-corrected chi connectivity index (χ4v) is 4.32. The molecule has 220 valence electrons. The molecule has 0 saturated carbocycles. The molecule has 1 aliphatic rings. The Kier molecular flexibility index (Phi) is 15.3. The first-order valence-corrected chi connectivity index (χ1v) is 14.0. The number of amides is 3. The standard InChI is InChI=1S/C29H53N3O6/c1-27(2,3)22-29(7,28(4,5)6)23-30-13-8-16-36-18-20-38-21-19-37-17-9-14-31-24(33)12-15-32-25(34)10-11-26(32)35/h10-11,30H,8-9,12-23H2,1-7H3,(H,31,33). The Morgan fingerprint density at radius 3 is 1.79 bits per heavy atom. The molecule has 0 radical (unpaired) electrons. The van der Waals surface area contributed by atoms with Gasteiger partial charge in [-0.1, -0.05) is 48.5 Å². The molecule has 0 spiro atoms. The van der Waals surface area contributed by atoms with Gasteiger partial charge in [0.15, 0.2) is 0 Å². The van der Waals surface area contributed by atoms with Gasteiger partial charge in [0.2, 0.25) is 5.91 Å². The van der Waals surface area contributed by atoms with E-state index in [1.165, 1.54) is 18.6 Å². The zero-order chi connectivity index (χ0) is 28.7. The number of nitrogens with zero attached hydrogens (tertiary/aromatic N) is 1. The van der Waals surface area contributed by atoms with Crippen molar-refractivity contribution >= 4 is 17.7 Å². The Balaban J connectivity index is 1.91. The van der Waals surface area contributed by atoms with Crippen LogP contribution in [-0.4, -0.2) is 88.4 Å². The number of imide groups is 1. The maximum absolute atomic E-state index is 11.8. The zero-order valence-corrected chi connectivity index (χ0v) is 25.0. The molecule has 0 saturated heterocycles. The Labute approximate surface area is 230 Å². The second kappa shape index (κ2) is 17.0. The highest BCUT2D eigenvalue weighted by Crippen LogP contribution is 2.45. The van der Waals surface area contributed by atoms with Gasteiger partial charge in [0.1, 0.15) is 0 Å². The predicted octanol–water partition coefficient (Wildman–Crippen LogP) is 3.33. The van der Waals surface area contributed by atoms with E-state index in [1.54, 1.807) is 0 Å². The summed E-state index contributed by atoms with van der Waals surface area (Å²) >= 11 is 0. The van der Waals surface area contributed by atoms with Crippen molar-refractivity contribution in [1.82, 2.24) is 15.5 Å². The maximum Gasteiger partial charge on any atom is 0.253 e. The SMILES string of the molecule is CC(C)(C)CC(C)(CNCCCOCCOCCOCCCNC(=O)CCN1C(=O)C=CC1=O)C(C)(C)C. The second-order valence-corrected chi connectivity index (χ2v) is 12.5. The molecule has 0 aromatic rings. The van der Waals surface area contributed by atoms with Gasteiger partial charge in [-0.2, -0.15) is 0 Å². The molecule has 2 N–H and O–H groups in total. The molecule has 0 fully saturated rings. The number of ether oxygens (including phenoxy) is 3. The Bertz CT molecular complexity index is 738. The third-order valence-electron chi connectivity index (χ3n) is 6.88. The van der Waals surface area contributed by atoms with Crippen molar-refractivity contribution in [2.24, 2.45) is 16.2 Å². The normalized spacial score (nSPS) is 15.8. The van der Waals surface area contributed by atoms with Gasteiger partial charge in [-0.3, -0.25) is 19.3 Å². The summed E-state index contributed by atoms with van der Waals surface area (Å²) in [4.78, 5) is 35.8. The van der Waals surface area contributed by atoms with Crippen LogP contribution in [-0.2, 0) is 28.6 Å². The molecule has 0 bridgehead atoms. The van der Waals surface area contributed by atoms with E-state index in [0.29, 0.717) is 58.0 Å². The minimum absolute atomic E-state index is 0.0968. The van der Waals surface area contributed by atoms with E-state index in [2.05, 4.69) is 59.1 Å². The van der Waals surface area contributed by atoms with Gasteiger partial charge in [0, 0.05) is 51.4 Å². The fourth-order valence-electron chi connectivity index (χ4n) is 4.32. The van der Waals surface area contributed by atoms with E-state index in [9.17, 15) is 14.4 Å². The molecule has 0 aromatic heterocycles. The van der Waals surface area contributed by atoms with Gasteiger partial charge < -0.3 is 24.8 Å². The lowest BCUT2D eigenvalue weighted by molar-refractivity contribution is -0.137. The third-order valence-corrected chi connectivity index (χ3v) is 6.88. The van der Waals surface area contributed by atoms with Gasteiger partial charge in [0.05, 0.1) is 26.4 Å². The number of hydrogen-bond donors (Lipinski definition) is 2. The zero-order valence-electron chi connectivity index (χ0n) is 25.0. The molecule has 0 aromatic carbocycles. The first kappa shape index (κ1) is 34.2. The lowest BCUT2D eigenvalue weighted by Crippen LogP contribution is -2.44. The minimum Gasteiger partial charge on any atom is -0.379 e. The van der Waals surface area contributed by atoms with Gasteiger partial charge in [-0.15, -0.1) is 0 Å². The number of nitrogens with one attached hydrogen (secondary N) is 2. The highest BCUT2D eigenvalue weighted by atomic mass is 16.5. The number of hydrogen-bond acceptors (Lipinski definition) is 7. The van der Waals surface area contributed by atoms with Crippen LogP contribution in [0, 0.1) is 16.2 Å². The fraction of sp³-hybridized carbons (Fsp3) is 0.828. The van der Waals surface area contributed by atoms with Crippen LogP contribution < -0.4 is 10.6 Å². The van der Waals surface area contributed by atoms with Crippen molar-refractivity contribution in [2.45, 2.75) is 74.1 Å². The predicted molar refractivity (Wildman–Crippen MR) is 150 cm³/mol.